The van der Waals surface area contributed by atoms with Gasteiger partial charge in [-0.15, -0.1) is 11.3 Å². The maximum absolute atomic E-state index is 12.6. The van der Waals surface area contributed by atoms with Crippen molar-refractivity contribution < 1.29 is 19.2 Å². The summed E-state index contributed by atoms with van der Waals surface area (Å²) in [6, 6.07) is 3.91. The van der Waals surface area contributed by atoms with Gasteiger partial charge in [0.15, 0.2) is 10.9 Å². The molecule has 4 N–H and O–H groups in total. The number of benzene rings is 1. The van der Waals surface area contributed by atoms with Gasteiger partial charge >= 0.3 is 5.69 Å². The van der Waals surface area contributed by atoms with E-state index in [0.717, 1.165) is 48.6 Å². The minimum atomic E-state index is -0.623. The Morgan fingerprint density at radius 3 is 2.71 bits per heavy atom. The Morgan fingerprint density at radius 1 is 1.29 bits per heavy atom. The highest BCUT2D eigenvalue weighted by Gasteiger charge is 2.24. The molecule has 1 aliphatic rings. The second kappa shape index (κ2) is 9.84. The molecule has 0 radical (unpaired) electrons. The van der Waals surface area contributed by atoms with Gasteiger partial charge in [0.25, 0.3) is 11.8 Å². The molecule has 0 unspecified atom stereocenters. The van der Waals surface area contributed by atoms with Gasteiger partial charge in [-0.3, -0.25) is 25.0 Å². The second-order valence-electron chi connectivity index (χ2n) is 6.91. The number of fused-ring (bicyclic) bond motifs is 1. The van der Waals surface area contributed by atoms with Crippen molar-refractivity contribution >= 4 is 51.2 Å². The van der Waals surface area contributed by atoms with Gasteiger partial charge in [0.2, 0.25) is 0 Å². The molecule has 0 spiro atoms. The van der Waals surface area contributed by atoms with E-state index in [-0.39, 0.29) is 28.7 Å². The number of nitrogens with two attached hydrogens (primary N) is 1. The van der Waals surface area contributed by atoms with Gasteiger partial charge in [0.1, 0.15) is 5.00 Å². The van der Waals surface area contributed by atoms with Crippen LogP contribution in [0.15, 0.2) is 18.2 Å². The molecule has 0 aliphatic heterocycles. The number of nitrogens with zero attached hydrogens (tertiary/aromatic N) is 1. The molecule has 0 saturated carbocycles. The number of thiocarbonyl (C=S) groups is 1. The highest BCUT2D eigenvalue weighted by molar-refractivity contribution is 7.80. The van der Waals surface area contributed by atoms with Gasteiger partial charge in [-0.05, 0) is 62.5 Å². The zero-order valence-corrected chi connectivity index (χ0v) is 18.5. The number of carbonyl (C=O) groups excluding carboxylic acids is 2. The zero-order chi connectivity index (χ0) is 22.5. The van der Waals surface area contributed by atoms with Crippen molar-refractivity contribution in [3.05, 3.63) is 49.9 Å². The number of nitrogens with one attached hydrogen (secondary N) is 2. The monoisotopic (exact) mass is 462 g/mol. The number of aryl methyl sites for hydroxylation is 1. The van der Waals surface area contributed by atoms with Crippen LogP contribution in [0.25, 0.3) is 0 Å². The van der Waals surface area contributed by atoms with Gasteiger partial charge in [0.05, 0.1) is 17.1 Å². The van der Waals surface area contributed by atoms with Crippen LogP contribution in [0, 0.1) is 10.1 Å². The smallest absolute Gasteiger partial charge is 0.311 e. The van der Waals surface area contributed by atoms with Crippen molar-refractivity contribution in [3.8, 4) is 5.75 Å². The van der Waals surface area contributed by atoms with Gasteiger partial charge in [-0.1, -0.05) is 6.42 Å². The Balaban J connectivity index is 1.77. The molecule has 3 rings (SSSR count). The molecule has 1 aliphatic carbocycles. The first kappa shape index (κ1) is 22.6. The van der Waals surface area contributed by atoms with E-state index in [9.17, 15) is 19.7 Å². The van der Waals surface area contributed by atoms with Crippen LogP contribution in [-0.2, 0) is 12.8 Å². The van der Waals surface area contributed by atoms with Crippen LogP contribution in [0.3, 0.4) is 0 Å². The van der Waals surface area contributed by atoms with Crippen molar-refractivity contribution in [2.45, 2.75) is 39.0 Å². The summed E-state index contributed by atoms with van der Waals surface area (Å²) < 4.78 is 5.22. The summed E-state index contributed by atoms with van der Waals surface area (Å²) in [6.07, 6.45) is 4.78. The highest BCUT2D eigenvalue weighted by atomic mass is 32.1. The molecule has 0 bridgehead atoms. The van der Waals surface area contributed by atoms with Crippen LogP contribution in [-0.4, -0.2) is 28.5 Å². The lowest BCUT2D eigenvalue weighted by Crippen LogP contribution is -2.34. The number of primary amides is 1. The Labute approximate surface area is 188 Å². The quantitative estimate of drug-likeness (QED) is 0.258. The van der Waals surface area contributed by atoms with E-state index < -0.39 is 16.7 Å². The third-order valence-corrected chi connectivity index (χ3v) is 6.25. The van der Waals surface area contributed by atoms with Crippen molar-refractivity contribution in [2.24, 2.45) is 5.73 Å². The summed E-state index contributed by atoms with van der Waals surface area (Å²) in [6.45, 7) is 1.96. The predicted molar refractivity (Wildman–Crippen MR) is 122 cm³/mol. The maximum atomic E-state index is 12.6. The molecule has 2 aromatic rings. The van der Waals surface area contributed by atoms with Crippen LogP contribution in [0.4, 0.5) is 10.7 Å². The number of nitro groups is 1. The minimum absolute atomic E-state index is 0.0274. The number of ether oxygens (including phenoxy) is 1. The fourth-order valence-electron chi connectivity index (χ4n) is 3.48. The summed E-state index contributed by atoms with van der Waals surface area (Å²) in [5, 5.41) is 17.1. The van der Waals surface area contributed by atoms with Crippen LogP contribution < -0.4 is 21.1 Å². The molecule has 1 heterocycles. The average molecular weight is 463 g/mol. The lowest BCUT2D eigenvalue weighted by atomic mass is 10.1. The molecule has 2 amide bonds. The van der Waals surface area contributed by atoms with E-state index in [4.69, 9.17) is 22.7 Å². The second-order valence-corrected chi connectivity index (χ2v) is 8.43. The molecular weight excluding hydrogens is 440 g/mol. The van der Waals surface area contributed by atoms with Gasteiger partial charge in [-0.2, -0.15) is 0 Å². The maximum Gasteiger partial charge on any atom is 0.311 e. The van der Waals surface area contributed by atoms with E-state index in [0.29, 0.717) is 10.6 Å². The van der Waals surface area contributed by atoms with Crippen molar-refractivity contribution in [1.82, 2.24) is 5.32 Å². The molecular formula is C20H22N4O5S2. The SMILES string of the molecule is CCOc1ccc(C(=O)NC(=S)Nc2sc3c(c2C(N)=O)CCCCC3)cc1[N+](=O)[O-]. The van der Waals surface area contributed by atoms with E-state index in [2.05, 4.69) is 10.6 Å². The summed E-state index contributed by atoms with van der Waals surface area (Å²) in [5.41, 5.74) is 6.71. The van der Waals surface area contributed by atoms with E-state index in [1.165, 1.54) is 23.5 Å². The molecule has 11 heteroatoms. The summed E-state index contributed by atoms with van der Waals surface area (Å²) in [7, 11) is 0. The molecule has 0 atom stereocenters. The molecule has 1 aromatic heterocycles. The van der Waals surface area contributed by atoms with E-state index in [1.54, 1.807) is 6.92 Å². The van der Waals surface area contributed by atoms with Crippen molar-refractivity contribution in [2.75, 3.05) is 11.9 Å². The minimum Gasteiger partial charge on any atom is -0.487 e. The van der Waals surface area contributed by atoms with E-state index >= 15 is 0 Å². The number of hydrogen-bond acceptors (Lipinski definition) is 7. The molecule has 9 nitrogen and oxygen atoms in total. The Bertz CT molecular complexity index is 1050. The Hall–Kier alpha value is -3.05. The fraction of sp³-hybridized carbons (Fsp3) is 0.350. The van der Waals surface area contributed by atoms with Crippen LogP contribution >= 0.6 is 23.6 Å². The molecule has 31 heavy (non-hydrogen) atoms. The first-order valence-corrected chi connectivity index (χ1v) is 11.0. The third-order valence-electron chi connectivity index (χ3n) is 4.84. The average Bonchev–Trinajstić information content (AvgIpc) is 2.88. The van der Waals surface area contributed by atoms with Crippen molar-refractivity contribution in [1.29, 1.82) is 0 Å². The van der Waals surface area contributed by atoms with Gasteiger partial charge in [0, 0.05) is 16.5 Å². The third kappa shape index (κ3) is 5.17. The first-order valence-electron chi connectivity index (χ1n) is 9.79. The predicted octanol–water partition coefficient (Wildman–Crippen LogP) is 3.55. The molecule has 1 aromatic carbocycles. The number of anilines is 1. The Morgan fingerprint density at radius 2 is 2.03 bits per heavy atom. The van der Waals surface area contributed by atoms with Gasteiger partial charge in [-0.25, -0.2) is 0 Å². The lowest BCUT2D eigenvalue weighted by molar-refractivity contribution is -0.385. The number of nitro benzene ring substituents is 1. The number of rotatable bonds is 6. The number of carbonyl (C=O) groups is 2. The zero-order valence-electron chi connectivity index (χ0n) is 16.9. The number of hydrogen-bond donors (Lipinski definition) is 3. The van der Waals surface area contributed by atoms with Crippen LogP contribution in [0.2, 0.25) is 0 Å². The summed E-state index contributed by atoms with van der Waals surface area (Å²) in [4.78, 5) is 36.4. The summed E-state index contributed by atoms with van der Waals surface area (Å²) >= 11 is 6.64. The first-order chi connectivity index (χ1) is 14.8. The Kier molecular flexibility index (Phi) is 7.18. The molecule has 0 fully saturated rings. The van der Waals surface area contributed by atoms with Crippen molar-refractivity contribution in [3.63, 3.8) is 0 Å². The molecule has 164 valence electrons. The standard InChI is InChI=1S/C20H22N4O5S2/c1-2-29-14-9-8-11(10-13(14)24(27)28)18(26)22-20(30)23-19-16(17(21)25)12-6-4-3-5-7-15(12)31-19/h8-10H,2-7H2,1H3,(H2,21,25)(H2,22,23,26,30). The van der Waals surface area contributed by atoms with Crippen LogP contribution in [0.1, 0.15) is 57.3 Å². The van der Waals surface area contributed by atoms with Gasteiger partial charge < -0.3 is 15.8 Å². The highest BCUT2D eigenvalue weighted by Crippen LogP contribution is 2.37. The lowest BCUT2D eigenvalue weighted by Gasteiger charge is -2.10. The fourth-order valence-corrected chi connectivity index (χ4v) is 5.04. The number of thiophene rings is 1. The largest absolute Gasteiger partial charge is 0.487 e. The summed E-state index contributed by atoms with van der Waals surface area (Å²) in [5.74, 6) is -1.09. The number of amides is 2. The topological polar surface area (TPSA) is 137 Å². The molecule has 0 saturated heterocycles. The van der Waals surface area contributed by atoms with Crippen LogP contribution in [0.5, 0.6) is 5.75 Å². The normalized spacial score (nSPS) is 12.9. The van der Waals surface area contributed by atoms with E-state index in [1.807, 2.05) is 0 Å².